The third-order valence-corrected chi connectivity index (χ3v) is 3.34. The molecule has 0 aliphatic carbocycles. The second-order valence-electron chi connectivity index (χ2n) is 4.29. The molecule has 0 aliphatic heterocycles. The summed E-state index contributed by atoms with van der Waals surface area (Å²) in [6, 6.07) is 8.17. The molecule has 2 heterocycles. The van der Waals surface area contributed by atoms with Crippen LogP contribution in [0.1, 0.15) is 11.4 Å². The Morgan fingerprint density at radius 1 is 1.25 bits per heavy atom. The van der Waals surface area contributed by atoms with Crippen molar-refractivity contribution < 1.29 is 9.13 Å². The van der Waals surface area contributed by atoms with Gasteiger partial charge >= 0.3 is 0 Å². The maximum Gasteiger partial charge on any atom is 0.215 e. The van der Waals surface area contributed by atoms with Gasteiger partial charge in [0.1, 0.15) is 11.6 Å². The van der Waals surface area contributed by atoms with E-state index < -0.39 is 0 Å². The van der Waals surface area contributed by atoms with Crippen LogP contribution in [0.25, 0.3) is 11.2 Å². The molecule has 0 atom stereocenters. The molecule has 20 heavy (non-hydrogen) atoms. The van der Waals surface area contributed by atoms with Gasteiger partial charge in [-0.05, 0) is 18.2 Å². The van der Waals surface area contributed by atoms with Crippen LogP contribution in [-0.2, 0) is 6.42 Å². The first-order valence-corrected chi connectivity index (χ1v) is 6.37. The molecule has 0 aliphatic rings. The smallest absolute Gasteiger partial charge is 0.215 e. The fourth-order valence-electron chi connectivity index (χ4n) is 1.99. The van der Waals surface area contributed by atoms with Gasteiger partial charge in [-0.1, -0.05) is 17.7 Å². The minimum atomic E-state index is -0.344. The van der Waals surface area contributed by atoms with E-state index in [1.807, 2.05) is 6.07 Å². The highest BCUT2D eigenvalue weighted by molar-refractivity contribution is 6.31. The second kappa shape index (κ2) is 5.09. The lowest BCUT2D eigenvalue weighted by Crippen LogP contribution is -1.95. The third-order valence-electron chi connectivity index (χ3n) is 2.98. The first-order chi connectivity index (χ1) is 9.67. The normalized spacial score (nSPS) is 10.9. The Hall–Kier alpha value is -2.14. The van der Waals surface area contributed by atoms with Gasteiger partial charge in [-0.3, -0.25) is 0 Å². The average Bonchev–Trinajstić information content (AvgIpc) is 2.84. The van der Waals surface area contributed by atoms with Crippen molar-refractivity contribution in [1.29, 1.82) is 0 Å². The summed E-state index contributed by atoms with van der Waals surface area (Å²) in [5.41, 5.74) is 1.72. The van der Waals surface area contributed by atoms with Crippen LogP contribution in [0.5, 0.6) is 5.88 Å². The lowest BCUT2D eigenvalue weighted by Gasteiger charge is -2.02. The molecule has 6 heteroatoms. The summed E-state index contributed by atoms with van der Waals surface area (Å²) in [4.78, 5) is 11.6. The molecule has 0 unspecified atom stereocenters. The summed E-state index contributed by atoms with van der Waals surface area (Å²) in [6.07, 6.45) is 0.282. The van der Waals surface area contributed by atoms with Gasteiger partial charge in [-0.15, -0.1) is 0 Å². The number of benzene rings is 1. The maximum absolute atomic E-state index is 13.7. The fourth-order valence-corrected chi connectivity index (χ4v) is 2.22. The molecule has 0 fully saturated rings. The van der Waals surface area contributed by atoms with Crippen molar-refractivity contribution in [2.24, 2.45) is 0 Å². The topological polar surface area (TPSA) is 50.8 Å². The number of H-pyrrole nitrogens is 1. The molecule has 0 bridgehead atoms. The molecule has 102 valence electrons. The Morgan fingerprint density at radius 2 is 2.10 bits per heavy atom. The van der Waals surface area contributed by atoms with E-state index in [-0.39, 0.29) is 12.2 Å². The number of fused-ring (bicyclic) bond motifs is 1. The molecule has 3 rings (SSSR count). The highest BCUT2D eigenvalue weighted by Gasteiger charge is 2.11. The predicted octanol–water partition coefficient (Wildman–Crippen LogP) is 3.35. The molecule has 1 N–H and O–H groups in total. The zero-order chi connectivity index (χ0) is 14.1. The summed E-state index contributed by atoms with van der Waals surface area (Å²) >= 11 is 6.01. The van der Waals surface area contributed by atoms with Crippen LogP contribution < -0.4 is 4.74 Å². The van der Waals surface area contributed by atoms with Crippen LogP contribution in [0.15, 0.2) is 30.3 Å². The SMILES string of the molecule is COc1ccc2[nH]c(Cc3c(F)cccc3Cl)nc2n1. The number of rotatable bonds is 3. The minimum absolute atomic E-state index is 0.282. The fraction of sp³-hybridized carbons (Fsp3) is 0.143. The second-order valence-corrected chi connectivity index (χ2v) is 4.69. The number of hydrogen-bond acceptors (Lipinski definition) is 3. The van der Waals surface area contributed by atoms with Gasteiger partial charge in [0.05, 0.1) is 12.6 Å². The third kappa shape index (κ3) is 2.32. The first kappa shape index (κ1) is 12.9. The number of aromatic nitrogens is 3. The number of aromatic amines is 1. The Balaban J connectivity index is 1.99. The van der Waals surface area contributed by atoms with Crippen LogP contribution >= 0.6 is 11.6 Å². The van der Waals surface area contributed by atoms with Gasteiger partial charge in [0.15, 0.2) is 5.65 Å². The first-order valence-electron chi connectivity index (χ1n) is 6.00. The molecule has 0 saturated carbocycles. The van der Waals surface area contributed by atoms with Gasteiger partial charge in [-0.25, -0.2) is 9.37 Å². The molecule has 4 nitrogen and oxygen atoms in total. The monoisotopic (exact) mass is 291 g/mol. The van der Waals surface area contributed by atoms with E-state index in [4.69, 9.17) is 16.3 Å². The summed E-state index contributed by atoms with van der Waals surface area (Å²) in [5.74, 6) is 0.746. The van der Waals surface area contributed by atoms with E-state index in [0.717, 1.165) is 5.52 Å². The summed E-state index contributed by atoms with van der Waals surface area (Å²) in [6.45, 7) is 0. The molecular formula is C14H11ClFN3O. The van der Waals surface area contributed by atoms with Crippen molar-refractivity contribution in [2.75, 3.05) is 7.11 Å². The molecular weight excluding hydrogens is 281 g/mol. The van der Waals surface area contributed by atoms with Gasteiger partial charge < -0.3 is 9.72 Å². The number of nitrogens with one attached hydrogen (secondary N) is 1. The van der Waals surface area contributed by atoms with Crippen LogP contribution in [-0.4, -0.2) is 22.1 Å². The number of ether oxygens (including phenoxy) is 1. The number of methoxy groups -OCH3 is 1. The van der Waals surface area contributed by atoms with E-state index in [0.29, 0.717) is 27.9 Å². The molecule has 0 amide bonds. The highest BCUT2D eigenvalue weighted by atomic mass is 35.5. The highest BCUT2D eigenvalue weighted by Crippen LogP contribution is 2.22. The van der Waals surface area contributed by atoms with Crippen molar-refractivity contribution in [3.63, 3.8) is 0 Å². The summed E-state index contributed by atoms with van der Waals surface area (Å²) in [7, 11) is 1.54. The van der Waals surface area contributed by atoms with Crippen LogP contribution in [0, 0.1) is 5.82 Å². The maximum atomic E-state index is 13.7. The van der Waals surface area contributed by atoms with E-state index in [1.165, 1.54) is 6.07 Å². The molecule has 0 spiro atoms. The van der Waals surface area contributed by atoms with Crippen molar-refractivity contribution >= 4 is 22.8 Å². The van der Waals surface area contributed by atoms with Gasteiger partial charge in [0.25, 0.3) is 0 Å². The zero-order valence-corrected chi connectivity index (χ0v) is 11.4. The van der Waals surface area contributed by atoms with Crippen molar-refractivity contribution in [3.05, 3.63) is 52.6 Å². The van der Waals surface area contributed by atoms with E-state index >= 15 is 0 Å². The van der Waals surface area contributed by atoms with Crippen molar-refractivity contribution in [1.82, 2.24) is 15.0 Å². The Morgan fingerprint density at radius 3 is 2.85 bits per heavy atom. The van der Waals surface area contributed by atoms with Crippen molar-refractivity contribution in [3.8, 4) is 5.88 Å². The van der Waals surface area contributed by atoms with E-state index in [2.05, 4.69) is 15.0 Å². The number of halogens is 2. The Labute approximate surface area is 119 Å². The standard InChI is InChI=1S/C14H11ClFN3O/c1-20-13-6-5-11-14(19-13)18-12(17-11)7-8-9(15)3-2-4-10(8)16/h2-6H,7H2,1H3,(H,17,18,19). The Kier molecular flexibility index (Phi) is 3.28. The lowest BCUT2D eigenvalue weighted by molar-refractivity contribution is 0.399. The molecule has 0 radical (unpaired) electrons. The van der Waals surface area contributed by atoms with E-state index in [1.54, 1.807) is 25.3 Å². The van der Waals surface area contributed by atoms with Gasteiger partial charge in [0.2, 0.25) is 5.88 Å². The molecule has 3 aromatic rings. The predicted molar refractivity (Wildman–Crippen MR) is 74.7 cm³/mol. The molecule has 2 aromatic heterocycles. The Bertz CT molecular complexity index is 752. The quantitative estimate of drug-likeness (QED) is 0.805. The minimum Gasteiger partial charge on any atom is -0.481 e. The largest absolute Gasteiger partial charge is 0.481 e. The van der Waals surface area contributed by atoms with E-state index in [9.17, 15) is 4.39 Å². The van der Waals surface area contributed by atoms with Crippen LogP contribution in [0.2, 0.25) is 5.02 Å². The van der Waals surface area contributed by atoms with Crippen LogP contribution in [0.4, 0.5) is 4.39 Å². The number of hydrogen-bond donors (Lipinski definition) is 1. The lowest BCUT2D eigenvalue weighted by atomic mass is 10.1. The number of pyridine rings is 1. The molecule has 0 saturated heterocycles. The zero-order valence-electron chi connectivity index (χ0n) is 10.7. The van der Waals surface area contributed by atoms with Gasteiger partial charge in [0, 0.05) is 23.1 Å². The summed E-state index contributed by atoms with van der Waals surface area (Å²) < 4.78 is 18.8. The van der Waals surface area contributed by atoms with Gasteiger partial charge in [-0.2, -0.15) is 4.98 Å². The number of imidazole rings is 1. The molecule has 1 aromatic carbocycles. The van der Waals surface area contributed by atoms with Crippen molar-refractivity contribution in [2.45, 2.75) is 6.42 Å². The summed E-state index contributed by atoms with van der Waals surface area (Å²) in [5, 5.41) is 0.385. The average molecular weight is 292 g/mol. The number of nitrogens with zero attached hydrogens (tertiary/aromatic N) is 2. The van der Waals surface area contributed by atoms with Crippen LogP contribution in [0.3, 0.4) is 0 Å².